The third-order valence-corrected chi connectivity index (χ3v) is 4.93. The van der Waals surface area contributed by atoms with E-state index in [0.29, 0.717) is 28.7 Å². The Balaban J connectivity index is 0.000000319. The third-order valence-electron chi connectivity index (χ3n) is 4.93. The molecule has 0 unspecified atom stereocenters. The lowest BCUT2D eigenvalue weighted by atomic mass is 10.0. The molecule has 8 nitrogen and oxygen atoms in total. The maximum Gasteiger partial charge on any atom is 0.423 e. The second-order valence-corrected chi connectivity index (χ2v) is 7.70. The van der Waals surface area contributed by atoms with Gasteiger partial charge in [0.25, 0.3) is 5.56 Å². The molecule has 3 rings (SSSR count). The number of rotatable bonds is 8. The van der Waals surface area contributed by atoms with Crippen molar-refractivity contribution in [3.8, 4) is 11.3 Å². The molecular weight excluding hydrogens is 480 g/mol. The Bertz CT molecular complexity index is 1230. The van der Waals surface area contributed by atoms with Gasteiger partial charge in [-0.2, -0.15) is 18.3 Å². The average Bonchev–Trinajstić information content (AvgIpc) is 2.83. The molecule has 1 aromatic carbocycles. The first kappa shape index (κ1) is 28.1. The van der Waals surface area contributed by atoms with Crippen LogP contribution in [0.3, 0.4) is 0 Å². The number of halogens is 4. The Morgan fingerprint density at radius 3 is 2.44 bits per heavy atom. The van der Waals surface area contributed by atoms with Gasteiger partial charge in [0.05, 0.1) is 23.8 Å². The van der Waals surface area contributed by atoms with Crippen LogP contribution in [0.15, 0.2) is 47.9 Å². The van der Waals surface area contributed by atoms with Gasteiger partial charge in [-0.3, -0.25) is 19.6 Å². The number of carbonyl (C=O) groups excluding carboxylic acids is 1. The maximum atomic E-state index is 14.2. The van der Waals surface area contributed by atoms with Crippen LogP contribution in [0, 0.1) is 5.82 Å². The highest BCUT2D eigenvalue weighted by atomic mass is 19.4. The van der Waals surface area contributed by atoms with E-state index in [1.165, 1.54) is 37.5 Å². The van der Waals surface area contributed by atoms with E-state index in [-0.39, 0.29) is 0 Å². The first-order valence-corrected chi connectivity index (χ1v) is 10.9. The third kappa shape index (κ3) is 8.00. The van der Waals surface area contributed by atoms with E-state index in [4.69, 9.17) is 5.73 Å². The predicted octanol–water partition coefficient (Wildman–Crippen LogP) is 4.56. The van der Waals surface area contributed by atoms with Crippen molar-refractivity contribution in [3.05, 3.63) is 76.0 Å². The molecule has 192 valence electrons. The van der Waals surface area contributed by atoms with Gasteiger partial charge in [0.15, 0.2) is 6.29 Å². The zero-order chi connectivity index (χ0) is 26.7. The number of hydrogen-bond donors (Lipinski definition) is 2. The number of hydrogen-bond acceptors (Lipinski definition) is 7. The highest BCUT2D eigenvalue weighted by Crippen LogP contribution is 2.29. The van der Waals surface area contributed by atoms with Crippen LogP contribution in [0.4, 0.5) is 23.2 Å². The minimum atomic E-state index is -4.74. The van der Waals surface area contributed by atoms with Gasteiger partial charge < -0.3 is 10.6 Å². The van der Waals surface area contributed by atoms with Gasteiger partial charge in [-0.15, -0.1) is 0 Å². The molecular formula is C24H26F4N6O2. The lowest BCUT2D eigenvalue weighted by Crippen LogP contribution is -2.24. The summed E-state index contributed by atoms with van der Waals surface area (Å²) in [5.74, 6) is -0.481. The molecule has 36 heavy (non-hydrogen) atoms. The summed E-state index contributed by atoms with van der Waals surface area (Å²) in [6.07, 6.45) is 8.44. The Kier molecular flexibility index (Phi) is 10.3. The number of nitrogen functional groups attached to an aromatic ring is 1. The Hall–Kier alpha value is -4.09. The minimum Gasteiger partial charge on any atom is -0.397 e. The molecule has 0 amide bonds. The number of benzene rings is 1. The fourth-order valence-electron chi connectivity index (χ4n) is 3.08. The van der Waals surface area contributed by atoms with Gasteiger partial charge in [0.2, 0.25) is 0 Å². The van der Waals surface area contributed by atoms with Gasteiger partial charge in [-0.05, 0) is 36.4 Å². The van der Waals surface area contributed by atoms with Crippen molar-refractivity contribution in [2.75, 3.05) is 19.3 Å². The molecule has 0 saturated heterocycles. The second-order valence-electron chi connectivity index (χ2n) is 7.70. The van der Waals surface area contributed by atoms with E-state index < -0.39 is 28.8 Å². The van der Waals surface area contributed by atoms with Crippen molar-refractivity contribution in [1.29, 1.82) is 0 Å². The highest BCUT2D eigenvalue weighted by molar-refractivity contribution is 5.84. The summed E-state index contributed by atoms with van der Waals surface area (Å²) in [6.45, 7) is 3.11. The quantitative estimate of drug-likeness (QED) is 0.261. The minimum absolute atomic E-state index is 0.318. The molecule has 12 heteroatoms. The molecule has 0 bridgehead atoms. The average molecular weight is 507 g/mol. The molecule has 0 spiro atoms. The number of nitrogens with two attached hydrogens (primary N) is 1. The zero-order valence-electron chi connectivity index (χ0n) is 19.7. The van der Waals surface area contributed by atoms with Crippen molar-refractivity contribution < 1.29 is 22.4 Å². The van der Waals surface area contributed by atoms with Crippen LogP contribution in [0.1, 0.15) is 47.7 Å². The Morgan fingerprint density at radius 1 is 1.14 bits per heavy atom. The molecule has 0 aliphatic carbocycles. The number of anilines is 1. The van der Waals surface area contributed by atoms with Crippen LogP contribution < -0.4 is 11.3 Å². The number of unbranched alkanes of at least 4 members (excludes halogenated alkanes) is 2. The fourth-order valence-corrected chi connectivity index (χ4v) is 3.08. The molecule has 0 aliphatic heterocycles. The van der Waals surface area contributed by atoms with Crippen LogP contribution in [-0.2, 0) is 6.18 Å². The Morgan fingerprint density at radius 2 is 1.89 bits per heavy atom. The number of carbonyl (C=O) groups is 1. The zero-order valence-corrected chi connectivity index (χ0v) is 19.7. The summed E-state index contributed by atoms with van der Waals surface area (Å²) >= 11 is 0. The summed E-state index contributed by atoms with van der Waals surface area (Å²) in [5.41, 5.74) is 3.25. The maximum absolute atomic E-state index is 14.2. The van der Waals surface area contributed by atoms with Crippen LogP contribution in [0.5, 0.6) is 0 Å². The monoisotopic (exact) mass is 506 g/mol. The first-order valence-electron chi connectivity index (χ1n) is 10.9. The van der Waals surface area contributed by atoms with Crippen LogP contribution in [-0.4, -0.2) is 44.9 Å². The van der Waals surface area contributed by atoms with Crippen LogP contribution >= 0.6 is 0 Å². The molecule has 0 aliphatic rings. The smallest absolute Gasteiger partial charge is 0.397 e. The van der Waals surface area contributed by atoms with Crippen molar-refractivity contribution >= 4 is 18.0 Å². The van der Waals surface area contributed by atoms with Crippen molar-refractivity contribution in [2.24, 2.45) is 0 Å². The van der Waals surface area contributed by atoms with Gasteiger partial charge in [-0.1, -0.05) is 19.8 Å². The normalized spacial score (nSPS) is 11.2. The molecule has 0 saturated carbocycles. The van der Waals surface area contributed by atoms with E-state index in [1.807, 2.05) is 19.3 Å². The van der Waals surface area contributed by atoms with Crippen molar-refractivity contribution in [3.63, 3.8) is 0 Å². The molecule has 0 atom stereocenters. The highest BCUT2D eigenvalue weighted by Gasteiger charge is 2.36. The van der Waals surface area contributed by atoms with E-state index in [0.717, 1.165) is 19.2 Å². The van der Waals surface area contributed by atoms with Crippen LogP contribution in [0.2, 0.25) is 0 Å². The largest absolute Gasteiger partial charge is 0.423 e. The van der Waals surface area contributed by atoms with E-state index in [9.17, 15) is 27.2 Å². The van der Waals surface area contributed by atoms with E-state index in [1.54, 1.807) is 11.2 Å². The fraction of sp³-hybridized carbons (Fsp3) is 0.292. The summed E-state index contributed by atoms with van der Waals surface area (Å²) in [6, 6.07) is 2.88. The van der Waals surface area contributed by atoms with Crippen molar-refractivity contribution in [1.82, 2.24) is 25.1 Å². The molecule has 3 N–H and O–H groups in total. The predicted molar refractivity (Wildman–Crippen MR) is 128 cm³/mol. The lowest BCUT2D eigenvalue weighted by molar-refractivity contribution is -0.138. The molecule has 2 heterocycles. The number of alkyl halides is 3. The summed E-state index contributed by atoms with van der Waals surface area (Å²) in [4.78, 5) is 32.0. The topological polar surface area (TPSA) is 118 Å². The van der Waals surface area contributed by atoms with E-state index >= 15 is 0 Å². The molecule has 0 radical (unpaired) electrons. The van der Waals surface area contributed by atoms with Gasteiger partial charge >= 0.3 is 6.18 Å². The Labute approximate surface area is 204 Å². The molecule has 3 aromatic rings. The standard InChI is InChI=1S/C19H22FN3O.C5H4F3N3O/c1-3-4-5-9-23(2)10-6-15-11-17(18(20)12-16(15)14-24)19-13-21-7-8-22-19;6-5(7,8)3-2(9)1-10-11-4(3)12/h6-8,10-14H,3-5,9H2,1-2H3;1H,(H3,9,11,12)/b10-6-;. The van der Waals surface area contributed by atoms with Crippen LogP contribution in [0.25, 0.3) is 17.3 Å². The number of aromatic amines is 1. The lowest BCUT2D eigenvalue weighted by Gasteiger charge is -2.13. The summed E-state index contributed by atoms with van der Waals surface area (Å²) < 4.78 is 50.2. The number of nitrogens with one attached hydrogen (secondary N) is 1. The number of aromatic nitrogens is 4. The summed E-state index contributed by atoms with van der Waals surface area (Å²) in [5, 5.41) is 4.74. The second kappa shape index (κ2) is 13.1. The van der Waals surface area contributed by atoms with Gasteiger partial charge in [0.1, 0.15) is 11.4 Å². The molecule has 0 fully saturated rings. The number of nitrogens with zero attached hydrogens (tertiary/aromatic N) is 4. The number of H-pyrrole nitrogens is 1. The molecule has 2 aromatic heterocycles. The first-order chi connectivity index (χ1) is 17.1. The van der Waals surface area contributed by atoms with Crippen molar-refractivity contribution in [2.45, 2.75) is 32.4 Å². The summed E-state index contributed by atoms with van der Waals surface area (Å²) in [7, 11) is 1.99. The van der Waals surface area contributed by atoms with Gasteiger partial charge in [-0.25, -0.2) is 9.49 Å². The SMILES string of the molecule is CCCCCN(C)/C=C\c1cc(-c2cnccn2)c(F)cc1C=O.Nc1cn[nH]c(=O)c1C(F)(F)F. The van der Waals surface area contributed by atoms with E-state index in [2.05, 4.69) is 26.9 Å². The van der Waals surface area contributed by atoms with Gasteiger partial charge in [0, 0.05) is 37.1 Å². The number of aldehydes is 1.